The summed E-state index contributed by atoms with van der Waals surface area (Å²) in [7, 11) is 0. The zero-order valence-electron chi connectivity index (χ0n) is 21.6. The molecule has 1 aromatic rings. The van der Waals surface area contributed by atoms with Crippen molar-refractivity contribution in [1.82, 2.24) is 15.5 Å². The van der Waals surface area contributed by atoms with E-state index in [0.29, 0.717) is 0 Å². The molecule has 0 aliphatic heterocycles. The summed E-state index contributed by atoms with van der Waals surface area (Å²) in [4.78, 5) is 41.7. The first-order chi connectivity index (χ1) is 15.1. The minimum absolute atomic E-state index is 0.0740. The van der Waals surface area contributed by atoms with Crippen LogP contribution in [0.2, 0.25) is 0 Å². The van der Waals surface area contributed by atoms with Gasteiger partial charge in [0, 0.05) is 11.6 Å². The van der Waals surface area contributed by atoms with E-state index in [0.717, 1.165) is 12.0 Å². The van der Waals surface area contributed by atoms with Crippen LogP contribution in [0, 0.1) is 11.8 Å². The van der Waals surface area contributed by atoms with Crippen LogP contribution in [0.15, 0.2) is 30.3 Å². The number of amides is 3. The lowest BCUT2D eigenvalue weighted by molar-refractivity contribution is -0.144. The van der Waals surface area contributed by atoms with Crippen molar-refractivity contribution in [2.75, 3.05) is 0 Å². The van der Waals surface area contributed by atoms with Crippen LogP contribution in [0.3, 0.4) is 0 Å². The predicted octanol–water partition coefficient (Wildman–Crippen LogP) is 4.43. The zero-order chi connectivity index (χ0) is 25.1. The van der Waals surface area contributed by atoms with E-state index in [4.69, 9.17) is 4.74 Å². The van der Waals surface area contributed by atoms with Gasteiger partial charge in [-0.15, -0.1) is 0 Å². The Morgan fingerprint density at radius 1 is 1.03 bits per heavy atom. The topological polar surface area (TPSA) is 87.7 Å². The van der Waals surface area contributed by atoms with Gasteiger partial charge in [-0.2, -0.15) is 0 Å². The lowest BCUT2D eigenvalue weighted by Crippen LogP contribution is -2.56. The Balaban J connectivity index is 2.45. The van der Waals surface area contributed by atoms with Gasteiger partial charge >= 0.3 is 6.09 Å². The molecule has 0 radical (unpaired) electrons. The maximum Gasteiger partial charge on any atom is 0.408 e. The summed E-state index contributed by atoms with van der Waals surface area (Å²) in [6.45, 7) is 16.9. The van der Waals surface area contributed by atoms with Gasteiger partial charge in [0.05, 0.1) is 0 Å². The van der Waals surface area contributed by atoms with Crippen molar-refractivity contribution in [2.24, 2.45) is 11.8 Å². The fourth-order valence-corrected chi connectivity index (χ4v) is 3.79. The highest BCUT2D eigenvalue weighted by molar-refractivity contribution is 5.93. The van der Waals surface area contributed by atoms with Crippen molar-refractivity contribution in [1.29, 1.82) is 0 Å². The minimum Gasteiger partial charge on any atom is -0.444 e. The first-order valence-electron chi connectivity index (χ1n) is 11.8. The summed E-state index contributed by atoms with van der Waals surface area (Å²) >= 11 is 0. The van der Waals surface area contributed by atoms with E-state index < -0.39 is 29.3 Å². The number of carbonyl (C=O) groups excluding carboxylic acids is 3. The van der Waals surface area contributed by atoms with Crippen LogP contribution in [0.1, 0.15) is 80.3 Å². The van der Waals surface area contributed by atoms with Crippen LogP contribution in [0.25, 0.3) is 0 Å². The zero-order valence-corrected chi connectivity index (χ0v) is 21.6. The largest absolute Gasteiger partial charge is 0.444 e. The van der Waals surface area contributed by atoms with Crippen molar-refractivity contribution in [3.05, 3.63) is 35.9 Å². The Hall–Kier alpha value is -2.57. The minimum atomic E-state index is -0.818. The van der Waals surface area contributed by atoms with E-state index in [2.05, 4.69) is 17.6 Å². The maximum atomic E-state index is 14.0. The van der Waals surface area contributed by atoms with Crippen LogP contribution < -0.4 is 10.6 Å². The number of rotatable bonds is 7. The van der Waals surface area contributed by atoms with Crippen LogP contribution >= 0.6 is 0 Å². The average molecular weight is 460 g/mol. The van der Waals surface area contributed by atoms with E-state index in [1.165, 1.54) is 0 Å². The third kappa shape index (κ3) is 7.76. The number of nitrogens with one attached hydrogen (secondary N) is 2. The quantitative estimate of drug-likeness (QED) is 0.631. The second kappa shape index (κ2) is 10.1. The second-order valence-corrected chi connectivity index (χ2v) is 11.4. The van der Waals surface area contributed by atoms with Crippen LogP contribution in [0.4, 0.5) is 4.79 Å². The average Bonchev–Trinajstić information content (AvgIpc) is 3.37. The molecule has 4 unspecified atom stereocenters. The molecule has 2 rings (SSSR count). The van der Waals surface area contributed by atoms with Crippen molar-refractivity contribution in [3.63, 3.8) is 0 Å². The van der Waals surface area contributed by atoms with Crippen LogP contribution in [0.5, 0.6) is 0 Å². The Labute approximate surface area is 198 Å². The first-order valence-corrected chi connectivity index (χ1v) is 11.8. The molecule has 7 heteroatoms. The Bertz CT molecular complexity index is 839. The molecule has 0 heterocycles. The van der Waals surface area contributed by atoms with Crippen molar-refractivity contribution < 1.29 is 19.1 Å². The maximum absolute atomic E-state index is 14.0. The molecule has 0 spiro atoms. The first kappa shape index (κ1) is 26.7. The number of nitrogens with zero attached hydrogens (tertiary/aromatic N) is 1. The van der Waals surface area contributed by atoms with Gasteiger partial charge in [0.25, 0.3) is 0 Å². The van der Waals surface area contributed by atoms with Crippen LogP contribution in [-0.4, -0.2) is 46.0 Å². The Kier molecular flexibility index (Phi) is 8.20. The van der Waals surface area contributed by atoms with Crippen LogP contribution in [-0.2, 0) is 14.3 Å². The summed E-state index contributed by atoms with van der Waals surface area (Å²) in [6.07, 6.45) is 0.170. The van der Waals surface area contributed by atoms with Gasteiger partial charge in [-0.05, 0) is 65.4 Å². The predicted molar refractivity (Wildman–Crippen MR) is 129 cm³/mol. The summed E-state index contributed by atoms with van der Waals surface area (Å²) in [5, 5.41) is 5.81. The highest BCUT2D eigenvalue weighted by atomic mass is 16.6. The summed E-state index contributed by atoms with van der Waals surface area (Å²) in [5.41, 5.74) is -0.398. The SMILES string of the molecule is CC(C)C(NC(=O)OC(C)(C)C)C(=O)N(C(C(=O)NC(C)(C)C)c1ccccc1)C1CC1C. The van der Waals surface area contributed by atoms with Gasteiger partial charge in [-0.3, -0.25) is 9.59 Å². The molecule has 2 N–H and O–H groups in total. The summed E-state index contributed by atoms with van der Waals surface area (Å²) < 4.78 is 5.40. The molecule has 1 aliphatic rings. The number of hydrogen-bond donors (Lipinski definition) is 2. The van der Waals surface area contributed by atoms with Crippen molar-refractivity contribution in [3.8, 4) is 0 Å². The van der Waals surface area contributed by atoms with Gasteiger partial charge in [0.2, 0.25) is 11.8 Å². The molecule has 33 heavy (non-hydrogen) atoms. The normalized spacial score (nSPS) is 19.9. The van der Waals surface area contributed by atoms with Gasteiger partial charge in [-0.25, -0.2) is 4.79 Å². The smallest absolute Gasteiger partial charge is 0.408 e. The van der Waals surface area contributed by atoms with Gasteiger partial charge in [0.1, 0.15) is 17.7 Å². The molecular formula is C26H41N3O4. The van der Waals surface area contributed by atoms with Gasteiger partial charge in [0.15, 0.2) is 0 Å². The fraction of sp³-hybridized carbons (Fsp3) is 0.654. The number of hydrogen-bond acceptors (Lipinski definition) is 4. The molecule has 4 atom stereocenters. The number of ether oxygens (including phenoxy) is 1. The van der Waals surface area contributed by atoms with E-state index in [-0.39, 0.29) is 29.7 Å². The molecule has 1 aliphatic carbocycles. The molecule has 184 valence electrons. The molecule has 1 aromatic carbocycles. The van der Waals surface area contributed by atoms with Crippen molar-refractivity contribution in [2.45, 2.75) is 98.0 Å². The lowest BCUT2D eigenvalue weighted by Gasteiger charge is -2.37. The third-order valence-corrected chi connectivity index (χ3v) is 5.42. The molecule has 0 aromatic heterocycles. The number of alkyl carbamates (subject to hydrolysis) is 1. The highest BCUT2D eigenvalue weighted by Crippen LogP contribution is 2.41. The van der Waals surface area contributed by atoms with E-state index in [9.17, 15) is 14.4 Å². The second-order valence-electron chi connectivity index (χ2n) is 11.4. The molecule has 7 nitrogen and oxygen atoms in total. The molecular weight excluding hydrogens is 418 g/mol. The summed E-state index contributed by atoms with van der Waals surface area (Å²) in [6, 6.07) is 7.66. The molecule has 1 saturated carbocycles. The Morgan fingerprint density at radius 2 is 1.58 bits per heavy atom. The van der Waals surface area contributed by atoms with Gasteiger partial charge < -0.3 is 20.3 Å². The fourth-order valence-electron chi connectivity index (χ4n) is 3.79. The van der Waals surface area contributed by atoms with Gasteiger partial charge in [-0.1, -0.05) is 51.1 Å². The molecule has 0 bridgehead atoms. The standard InChI is InChI=1S/C26H41N3O4/c1-16(2)20(27-24(32)33-26(7,8)9)23(31)29(19-15-17(19)3)21(18-13-11-10-12-14-18)22(30)28-25(4,5)6/h10-14,16-17,19-21H,15H2,1-9H3,(H,27,32)(H,28,30). The molecule has 1 fully saturated rings. The number of benzene rings is 1. The monoisotopic (exact) mass is 459 g/mol. The Morgan fingerprint density at radius 3 is 2.00 bits per heavy atom. The van der Waals surface area contributed by atoms with E-state index in [1.54, 1.807) is 25.7 Å². The highest BCUT2D eigenvalue weighted by Gasteiger charge is 2.48. The molecule has 0 saturated heterocycles. The van der Waals surface area contributed by atoms with E-state index >= 15 is 0 Å². The van der Waals surface area contributed by atoms with Crippen molar-refractivity contribution >= 4 is 17.9 Å². The number of carbonyl (C=O) groups is 3. The lowest BCUT2D eigenvalue weighted by atomic mass is 9.97. The summed E-state index contributed by atoms with van der Waals surface area (Å²) in [5.74, 6) is -0.426. The van der Waals surface area contributed by atoms with E-state index in [1.807, 2.05) is 65.0 Å². The molecule has 3 amide bonds. The third-order valence-electron chi connectivity index (χ3n) is 5.42.